The van der Waals surface area contributed by atoms with E-state index in [0.29, 0.717) is 5.75 Å². The maximum Gasteiger partial charge on any atom is 0.177 e. The van der Waals surface area contributed by atoms with E-state index in [1.54, 1.807) is 0 Å². The molecule has 0 bridgehead atoms. The van der Waals surface area contributed by atoms with Crippen LogP contribution in [0.1, 0.15) is 22.3 Å². The van der Waals surface area contributed by atoms with Gasteiger partial charge in [0.2, 0.25) is 0 Å². The van der Waals surface area contributed by atoms with Crippen molar-refractivity contribution in [2.45, 2.75) is 5.41 Å². The molecule has 0 amide bonds. The summed E-state index contributed by atoms with van der Waals surface area (Å²) in [6.45, 7) is 0. The monoisotopic (exact) mass is 741 g/mol. The Labute approximate surface area is 337 Å². The molecule has 9 aromatic rings. The maximum absolute atomic E-state index is 7.03. The third-order valence-electron chi connectivity index (χ3n) is 12.1. The smallest absolute Gasteiger partial charge is 0.177 e. The summed E-state index contributed by atoms with van der Waals surface area (Å²) in [5.41, 5.74) is 17.2. The van der Waals surface area contributed by atoms with Gasteiger partial charge in [-0.2, -0.15) is 0 Å². The van der Waals surface area contributed by atoms with Crippen molar-refractivity contribution in [3.8, 4) is 67.5 Å². The van der Waals surface area contributed by atoms with E-state index in [1.807, 2.05) is 6.07 Å². The predicted molar refractivity (Wildman–Crippen MR) is 235 cm³/mol. The second-order valence-corrected chi connectivity index (χ2v) is 15.2. The second kappa shape index (κ2) is 12.7. The zero-order valence-corrected chi connectivity index (χ0v) is 31.5. The van der Waals surface area contributed by atoms with E-state index < -0.39 is 5.41 Å². The highest BCUT2D eigenvalue weighted by atomic mass is 16.6. The van der Waals surface area contributed by atoms with Gasteiger partial charge in [0.05, 0.1) is 5.41 Å². The fourth-order valence-electron chi connectivity index (χ4n) is 9.71. The highest BCUT2D eigenvalue weighted by Crippen LogP contribution is 2.65. The molecule has 0 atom stereocenters. The molecule has 3 heteroatoms. The molecule has 2 aliphatic carbocycles. The Balaban J connectivity index is 0.952. The molecule has 1 spiro atoms. The van der Waals surface area contributed by atoms with Gasteiger partial charge >= 0.3 is 0 Å². The molecular formula is C55H35NO2. The van der Waals surface area contributed by atoms with E-state index in [2.05, 4.69) is 211 Å². The van der Waals surface area contributed by atoms with Gasteiger partial charge in [0.25, 0.3) is 0 Å². The van der Waals surface area contributed by atoms with E-state index in [9.17, 15) is 0 Å². The molecule has 0 N–H and O–H groups in total. The maximum atomic E-state index is 7.03. The lowest BCUT2D eigenvalue weighted by molar-refractivity contribution is 0.360. The van der Waals surface area contributed by atoms with Gasteiger partial charge in [-0.25, -0.2) is 0 Å². The third-order valence-corrected chi connectivity index (χ3v) is 12.1. The molecule has 12 rings (SSSR count). The van der Waals surface area contributed by atoms with Crippen LogP contribution in [0.4, 0.5) is 17.1 Å². The summed E-state index contributed by atoms with van der Waals surface area (Å²) in [5, 5.41) is 0. The van der Waals surface area contributed by atoms with Crippen LogP contribution in [-0.4, -0.2) is 0 Å². The van der Waals surface area contributed by atoms with Crippen molar-refractivity contribution in [3.05, 3.63) is 235 Å². The summed E-state index contributed by atoms with van der Waals surface area (Å²) in [7, 11) is 0. The van der Waals surface area contributed by atoms with Gasteiger partial charge in [0.15, 0.2) is 23.0 Å². The van der Waals surface area contributed by atoms with Gasteiger partial charge in [-0.1, -0.05) is 152 Å². The van der Waals surface area contributed by atoms with Gasteiger partial charge in [0, 0.05) is 22.6 Å². The molecule has 3 aliphatic rings. The van der Waals surface area contributed by atoms with Crippen LogP contribution >= 0.6 is 0 Å². The van der Waals surface area contributed by atoms with Crippen molar-refractivity contribution in [3.63, 3.8) is 0 Å². The van der Waals surface area contributed by atoms with Crippen LogP contribution in [0.3, 0.4) is 0 Å². The van der Waals surface area contributed by atoms with Crippen LogP contribution in [-0.2, 0) is 5.41 Å². The Bertz CT molecular complexity index is 2990. The number of fused-ring (bicyclic) bond motifs is 12. The SMILES string of the molecule is c1ccc(N(c2ccccc2)c2cccc(-c3cccc(-c4cccc5c4Oc4cc6c(cc4O5)-c4ccccc4C64c5ccccc5-c5ccccc54)c3)c2)cc1. The lowest BCUT2D eigenvalue weighted by atomic mass is 9.70. The van der Waals surface area contributed by atoms with Crippen molar-refractivity contribution >= 4 is 17.1 Å². The summed E-state index contributed by atoms with van der Waals surface area (Å²) >= 11 is 0. The first-order chi connectivity index (χ1) is 28.8. The lowest BCUT2D eigenvalue weighted by Crippen LogP contribution is -2.25. The molecule has 272 valence electrons. The summed E-state index contributed by atoms with van der Waals surface area (Å²) < 4.78 is 13.8. The number of ether oxygens (including phenoxy) is 2. The third kappa shape index (κ3) is 4.74. The van der Waals surface area contributed by atoms with E-state index in [-0.39, 0.29) is 0 Å². The molecule has 0 saturated heterocycles. The summed E-state index contributed by atoms with van der Waals surface area (Å²) in [6, 6.07) is 75.7. The topological polar surface area (TPSA) is 21.7 Å². The molecule has 1 heterocycles. The number of nitrogens with zero attached hydrogens (tertiary/aromatic N) is 1. The molecule has 0 aromatic heterocycles. The van der Waals surface area contributed by atoms with E-state index in [0.717, 1.165) is 56.6 Å². The average Bonchev–Trinajstić information content (AvgIpc) is 3.75. The number of rotatable bonds is 5. The molecule has 0 unspecified atom stereocenters. The Hall–Kier alpha value is -7.62. The standard InChI is InChI=1S/C55H35NO2/c1-3-19-39(20-4-1)56(40-21-5-2-6-22-40)41-23-14-17-37(33-41)36-16-13-18-38(32-36)42-27-15-31-51-54(42)58-53-35-50-46(34-52(53)57-51)45-26-9-12-30-49(45)55(50)47-28-10-7-24-43(47)44-25-8-11-29-48(44)55/h1-35H. The minimum atomic E-state index is -0.462. The van der Waals surface area contributed by atoms with Crippen molar-refractivity contribution < 1.29 is 9.47 Å². The van der Waals surface area contributed by atoms with Gasteiger partial charge in [-0.3, -0.25) is 0 Å². The van der Waals surface area contributed by atoms with E-state index in [4.69, 9.17) is 9.47 Å². The Morgan fingerprint density at radius 1 is 0.293 bits per heavy atom. The zero-order chi connectivity index (χ0) is 38.2. The number of hydrogen-bond donors (Lipinski definition) is 0. The molecular weight excluding hydrogens is 707 g/mol. The largest absolute Gasteiger partial charge is 0.449 e. The molecule has 0 radical (unpaired) electrons. The molecule has 9 aromatic carbocycles. The summed E-state index contributed by atoms with van der Waals surface area (Å²) in [5.74, 6) is 2.87. The van der Waals surface area contributed by atoms with E-state index in [1.165, 1.54) is 44.5 Å². The van der Waals surface area contributed by atoms with Crippen LogP contribution in [0, 0.1) is 0 Å². The minimum absolute atomic E-state index is 0.462. The second-order valence-electron chi connectivity index (χ2n) is 15.2. The lowest BCUT2D eigenvalue weighted by Gasteiger charge is -2.31. The summed E-state index contributed by atoms with van der Waals surface area (Å²) in [4.78, 5) is 2.30. The molecule has 1 aliphatic heterocycles. The van der Waals surface area contributed by atoms with Crippen molar-refractivity contribution in [2.75, 3.05) is 4.90 Å². The van der Waals surface area contributed by atoms with Crippen LogP contribution in [0.5, 0.6) is 23.0 Å². The minimum Gasteiger partial charge on any atom is -0.449 e. The van der Waals surface area contributed by atoms with Crippen LogP contribution in [0.15, 0.2) is 212 Å². The molecule has 3 nitrogen and oxygen atoms in total. The number of para-hydroxylation sites is 3. The predicted octanol–water partition coefficient (Wildman–Crippen LogP) is 14.7. The number of benzene rings is 9. The average molecular weight is 742 g/mol. The Morgan fingerprint density at radius 3 is 1.43 bits per heavy atom. The van der Waals surface area contributed by atoms with Gasteiger partial charge in [-0.15, -0.1) is 0 Å². The Morgan fingerprint density at radius 2 is 0.776 bits per heavy atom. The highest BCUT2D eigenvalue weighted by molar-refractivity contribution is 5.96. The Kier molecular flexibility index (Phi) is 7.14. The number of hydrogen-bond acceptors (Lipinski definition) is 3. The number of anilines is 3. The quantitative estimate of drug-likeness (QED) is 0.175. The van der Waals surface area contributed by atoms with Crippen molar-refractivity contribution in [1.29, 1.82) is 0 Å². The zero-order valence-electron chi connectivity index (χ0n) is 31.5. The fourth-order valence-corrected chi connectivity index (χ4v) is 9.71. The van der Waals surface area contributed by atoms with Gasteiger partial charge in [-0.05, 0) is 122 Å². The normalized spacial score (nSPS) is 13.2. The first-order valence-corrected chi connectivity index (χ1v) is 19.8. The first-order valence-electron chi connectivity index (χ1n) is 19.8. The molecule has 58 heavy (non-hydrogen) atoms. The molecule has 0 fully saturated rings. The fraction of sp³-hybridized carbons (Fsp3) is 0.0182. The van der Waals surface area contributed by atoms with Crippen LogP contribution in [0.25, 0.3) is 44.5 Å². The first kappa shape index (κ1) is 32.6. The van der Waals surface area contributed by atoms with Crippen LogP contribution < -0.4 is 14.4 Å². The van der Waals surface area contributed by atoms with Crippen molar-refractivity contribution in [2.24, 2.45) is 0 Å². The molecule has 0 saturated carbocycles. The van der Waals surface area contributed by atoms with Crippen LogP contribution in [0.2, 0.25) is 0 Å². The van der Waals surface area contributed by atoms with Crippen molar-refractivity contribution in [1.82, 2.24) is 0 Å². The van der Waals surface area contributed by atoms with E-state index >= 15 is 0 Å². The highest BCUT2D eigenvalue weighted by Gasteiger charge is 2.52. The van der Waals surface area contributed by atoms with Gasteiger partial charge in [0.1, 0.15) is 0 Å². The van der Waals surface area contributed by atoms with Gasteiger partial charge < -0.3 is 14.4 Å². The summed E-state index contributed by atoms with van der Waals surface area (Å²) in [6.07, 6.45) is 0.